The van der Waals surface area contributed by atoms with Crippen LogP contribution in [0.2, 0.25) is 0 Å². The number of pyridine rings is 1. The van der Waals surface area contributed by atoms with Gasteiger partial charge in [0.2, 0.25) is 17.7 Å². The average Bonchev–Trinajstić information content (AvgIpc) is 3.56. The van der Waals surface area contributed by atoms with E-state index in [9.17, 15) is 24.3 Å². The first kappa shape index (κ1) is 29.7. The predicted molar refractivity (Wildman–Crippen MR) is 149 cm³/mol. The lowest BCUT2D eigenvalue weighted by Gasteiger charge is -2.27. The van der Waals surface area contributed by atoms with Gasteiger partial charge in [-0.3, -0.25) is 19.2 Å². The molecule has 0 aliphatic carbocycles. The Kier molecular flexibility index (Phi) is 9.38. The Bertz CT molecular complexity index is 1410. The van der Waals surface area contributed by atoms with Crippen molar-refractivity contribution in [1.82, 2.24) is 35.8 Å². The van der Waals surface area contributed by atoms with Crippen molar-refractivity contribution < 1.29 is 28.7 Å². The zero-order valence-corrected chi connectivity index (χ0v) is 23.6. The molecule has 41 heavy (non-hydrogen) atoms. The number of aromatic nitrogens is 3. The summed E-state index contributed by atoms with van der Waals surface area (Å²) in [6.07, 6.45) is 3.46. The summed E-state index contributed by atoms with van der Waals surface area (Å²) in [6, 6.07) is 2.19. The Labute approximate surface area is 237 Å². The Morgan fingerprint density at radius 2 is 1.90 bits per heavy atom. The van der Waals surface area contributed by atoms with Crippen molar-refractivity contribution in [1.29, 1.82) is 0 Å². The molecule has 0 unspecified atom stereocenters. The second kappa shape index (κ2) is 12.9. The maximum Gasteiger partial charge on any atom is 0.273 e. The number of carbonyl (C=O) groups excluding carboxylic acids is 4. The van der Waals surface area contributed by atoms with Crippen LogP contribution >= 0.6 is 0 Å². The largest absolute Gasteiger partial charge is 0.446 e. The van der Waals surface area contributed by atoms with E-state index in [-0.39, 0.29) is 29.6 Å². The van der Waals surface area contributed by atoms with Crippen LogP contribution in [0.4, 0.5) is 0 Å². The first-order chi connectivity index (χ1) is 19.5. The molecule has 0 saturated heterocycles. The van der Waals surface area contributed by atoms with Crippen molar-refractivity contribution in [2.45, 2.75) is 70.7 Å². The van der Waals surface area contributed by atoms with Crippen molar-refractivity contribution in [3.63, 3.8) is 0 Å². The SMILES string of the molecule is CC(C)C[C@@H]1NC(=O)[C@H]([C@@H](C)O)NC(=O)[C@@H](NC(=O)c2ccc3ccn(C)c3n2)CCCCNC(=O)c2coc1n2. The van der Waals surface area contributed by atoms with E-state index in [2.05, 4.69) is 31.2 Å². The van der Waals surface area contributed by atoms with Crippen molar-refractivity contribution in [3.05, 3.63) is 47.9 Å². The number of amides is 4. The Morgan fingerprint density at radius 1 is 1.12 bits per heavy atom. The summed E-state index contributed by atoms with van der Waals surface area (Å²) < 4.78 is 7.32. The van der Waals surface area contributed by atoms with E-state index >= 15 is 0 Å². The highest BCUT2D eigenvalue weighted by Crippen LogP contribution is 2.22. The van der Waals surface area contributed by atoms with Gasteiger partial charge in [-0.25, -0.2) is 9.97 Å². The molecule has 4 heterocycles. The normalized spacial score (nSPS) is 21.7. The molecule has 3 aromatic rings. The minimum absolute atomic E-state index is 0.0864. The monoisotopic (exact) mass is 567 g/mol. The maximum atomic E-state index is 13.4. The number of hydrogen-bond acceptors (Lipinski definition) is 8. The van der Waals surface area contributed by atoms with Gasteiger partial charge in [0.25, 0.3) is 11.8 Å². The zero-order valence-electron chi connectivity index (χ0n) is 23.6. The molecule has 2 bridgehead atoms. The Balaban J connectivity index is 1.58. The van der Waals surface area contributed by atoms with E-state index in [0.29, 0.717) is 31.5 Å². The molecule has 13 heteroatoms. The molecule has 3 aromatic heterocycles. The highest BCUT2D eigenvalue weighted by Gasteiger charge is 2.33. The van der Waals surface area contributed by atoms with Gasteiger partial charge in [-0.15, -0.1) is 0 Å². The number of nitrogens with one attached hydrogen (secondary N) is 4. The summed E-state index contributed by atoms with van der Waals surface area (Å²) in [6.45, 7) is 5.61. The molecule has 5 N–H and O–H groups in total. The molecule has 0 fully saturated rings. The van der Waals surface area contributed by atoms with Gasteiger partial charge in [0.15, 0.2) is 5.69 Å². The van der Waals surface area contributed by atoms with Crippen LogP contribution in [-0.2, 0) is 16.6 Å². The Morgan fingerprint density at radius 3 is 2.63 bits per heavy atom. The van der Waals surface area contributed by atoms with Crippen LogP contribution in [0.5, 0.6) is 0 Å². The lowest BCUT2D eigenvalue weighted by Crippen LogP contribution is -2.57. The molecule has 0 aromatic carbocycles. The zero-order chi connectivity index (χ0) is 29.7. The first-order valence-electron chi connectivity index (χ1n) is 13.8. The molecule has 1 aliphatic heterocycles. The fraction of sp³-hybridized carbons (Fsp3) is 0.500. The quantitative estimate of drug-likeness (QED) is 0.306. The second-order valence-corrected chi connectivity index (χ2v) is 10.8. The number of rotatable bonds is 5. The van der Waals surface area contributed by atoms with Gasteiger partial charge in [0.1, 0.15) is 35.7 Å². The lowest BCUT2D eigenvalue weighted by atomic mass is 10.0. The lowest BCUT2D eigenvalue weighted by molar-refractivity contribution is -0.133. The molecule has 220 valence electrons. The topological polar surface area (TPSA) is 180 Å². The molecule has 1 aliphatic rings. The van der Waals surface area contributed by atoms with Gasteiger partial charge < -0.3 is 35.4 Å². The van der Waals surface area contributed by atoms with E-state index in [1.165, 1.54) is 13.2 Å². The van der Waals surface area contributed by atoms with Crippen LogP contribution in [0.3, 0.4) is 0 Å². The summed E-state index contributed by atoms with van der Waals surface area (Å²) in [5.41, 5.74) is 0.843. The molecular weight excluding hydrogens is 530 g/mol. The van der Waals surface area contributed by atoms with E-state index < -0.39 is 47.9 Å². The first-order valence-corrected chi connectivity index (χ1v) is 13.8. The number of aliphatic hydroxyl groups is 1. The van der Waals surface area contributed by atoms with Gasteiger partial charge in [-0.2, -0.15) is 0 Å². The van der Waals surface area contributed by atoms with Crippen molar-refractivity contribution in [2.75, 3.05) is 6.54 Å². The van der Waals surface area contributed by atoms with Crippen LogP contribution < -0.4 is 21.3 Å². The van der Waals surface area contributed by atoms with Crippen LogP contribution in [0, 0.1) is 5.92 Å². The summed E-state index contributed by atoms with van der Waals surface area (Å²) in [4.78, 5) is 61.2. The summed E-state index contributed by atoms with van der Waals surface area (Å²) in [5.74, 6) is -1.99. The molecule has 4 amide bonds. The van der Waals surface area contributed by atoms with Crippen molar-refractivity contribution in [3.8, 4) is 0 Å². The van der Waals surface area contributed by atoms with Crippen LogP contribution in [0.15, 0.2) is 35.1 Å². The van der Waals surface area contributed by atoms with E-state index in [1.54, 1.807) is 16.7 Å². The summed E-state index contributed by atoms with van der Waals surface area (Å²) in [5, 5.41) is 22.2. The fourth-order valence-corrected chi connectivity index (χ4v) is 4.69. The van der Waals surface area contributed by atoms with Gasteiger partial charge >= 0.3 is 0 Å². The van der Waals surface area contributed by atoms with Gasteiger partial charge in [0.05, 0.1) is 6.10 Å². The highest BCUT2D eigenvalue weighted by molar-refractivity contribution is 5.98. The number of nitrogens with zero attached hydrogens (tertiary/aromatic N) is 3. The number of aryl methyl sites for hydroxylation is 1. The highest BCUT2D eigenvalue weighted by atomic mass is 16.3. The van der Waals surface area contributed by atoms with E-state index in [4.69, 9.17) is 4.42 Å². The predicted octanol–water partition coefficient (Wildman–Crippen LogP) is 1.34. The molecule has 0 radical (unpaired) electrons. The summed E-state index contributed by atoms with van der Waals surface area (Å²) >= 11 is 0. The van der Waals surface area contributed by atoms with Gasteiger partial charge in [-0.1, -0.05) is 13.8 Å². The van der Waals surface area contributed by atoms with Gasteiger partial charge in [-0.05, 0) is 56.7 Å². The van der Waals surface area contributed by atoms with Crippen molar-refractivity contribution in [2.24, 2.45) is 13.0 Å². The van der Waals surface area contributed by atoms with Crippen LogP contribution in [-0.4, -0.2) is 68.0 Å². The molecular formula is C28H37N7O6. The van der Waals surface area contributed by atoms with Crippen molar-refractivity contribution >= 4 is 34.7 Å². The second-order valence-electron chi connectivity index (χ2n) is 10.8. The number of aliphatic hydroxyl groups excluding tert-OH is 1. The third-order valence-corrected chi connectivity index (χ3v) is 6.92. The van der Waals surface area contributed by atoms with E-state index in [0.717, 1.165) is 5.39 Å². The standard InChI is InChI=1S/C28H37N7O6/c1-15(2)13-20-28-33-21(14-41-28)24(37)29-11-6-5-7-18(26(39)34-22(16(3)36)27(40)32-20)31-25(38)19-9-8-17-10-12-35(4)23(17)30-19/h8-10,12,14-16,18,20,22,36H,5-7,11,13H2,1-4H3,(H,29,37)(H,31,38)(H,32,40)(H,34,39)/t16-,18+,20+,22+/m1/s1. The average molecular weight is 568 g/mol. The molecule has 4 atom stereocenters. The molecule has 13 nitrogen and oxygen atoms in total. The molecule has 4 rings (SSSR count). The number of carbonyl (C=O) groups is 4. The number of oxazole rings is 1. The Hall–Kier alpha value is -4.26. The maximum absolute atomic E-state index is 13.4. The smallest absolute Gasteiger partial charge is 0.273 e. The number of hydrogen-bond donors (Lipinski definition) is 5. The van der Waals surface area contributed by atoms with Crippen LogP contribution in [0.25, 0.3) is 11.0 Å². The number of fused-ring (bicyclic) bond motifs is 3. The minimum atomic E-state index is -1.32. The third kappa shape index (κ3) is 7.28. The van der Waals surface area contributed by atoms with Crippen LogP contribution in [0.1, 0.15) is 79.4 Å². The van der Waals surface area contributed by atoms with E-state index in [1.807, 2.05) is 33.2 Å². The third-order valence-electron chi connectivity index (χ3n) is 6.92. The minimum Gasteiger partial charge on any atom is -0.446 e. The molecule has 0 saturated carbocycles. The fourth-order valence-electron chi connectivity index (χ4n) is 4.69. The molecule has 0 spiro atoms. The summed E-state index contributed by atoms with van der Waals surface area (Å²) in [7, 11) is 1.82. The van der Waals surface area contributed by atoms with Gasteiger partial charge in [0, 0.05) is 25.2 Å².